The van der Waals surface area contributed by atoms with Gasteiger partial charge in [-0.3, -0.25) is 0 Å². The molecule has 1 aromatic carbocycles. The van der Waals surface area contributed by atoms with Gasteiger partial charge in [0.15, 0.2) is 0 Å². The first-order valence-electron chi connectivity index (χ1n) is 5.51. The second-order valence-electron chi connectivity index (χ2n) is 4.13. The van der Waals surface area contributed by atoms with Crippen molar-refractivity contribution in [2.45, 2.75) is 19.0 Å². The molecule has 0 amide bonds. The van der Waals surface area contributed by atoms with Gasteiger partial charge in [0.25, 0.3) is 0 Å². The lowest BCUT2D eigenvalue weighted by atomic mass is 10.1. The van der Waals surface area contributed by atoms with Crippen LogP contribution >= 0.6 is 15.9 Å². The molecule has 94 valence electrons. The van der Waals surface area contributed by atoms with Crippen molar-refractivity contribution in [2.24, 2.45) is 0 Å². The van der Waals surface area contributed by atoms with Crippen molar-refractivity contribution in [3.63, 3.8) is 0 Å². The highest BCUT2D eigenvalue weighted by atomic mass is 79.9. The third kappa shape index (κ3) is 3.77. The van der Waals surface area contributed by atoms with E-state index in [0.717, 1.165) is 23.0 Å². The van der Waals surface area contributed by atoms with Crippen molar-refractivity contribution in [3.05, 3.63) is 34.3 Å². The topological polar surface area (TPSA) is 58.2 Å². The van der Waals surface area contributed by atoms with E-state index in [2.05, 4.69) is 26.0 Å². The van der Waals surface area contributed by atoms with Crippen molar-refractivity contribution in [1.29, 1.82) is 0 Å². The minimum Gasteiger partial charge on any atom is -0.313 e. The van der Waals surface area contributed by atoms with E-state index in [4.69, 9.17) is 0 Å². The summed E-state index contributed by atoms with van der Waals surface area (Å²) in [7, 11) is -3.19. The summed E-state index contributed by atoms with van der Waals surface area (Å²) in [6.45, 7) is 1.25. The number of hydrogen-bond donors (Lipinski definition) is 2. The smallest absolute Gasteiger partial charge is 0.213 e. The molecular weight excluding hydrogens is 304 g/mol. The number of nitrogens with one attached hydrogen (secondary N) is 2. The molecule has 6 heteroatoms. The van der Waals surface area contributed by atoms with Gasteiger partial charge in [0, 0.05) is 17.1 Å². The van der Waals surface area contributed by atoms with Crippen LogP contribution in [0.5, 0.6) is 0 Å². The Morgan fingerprint density at radius 1 is 1.41 bits per heavy atom. The predicted molar refractivity (Wildman–Crippen MR) is 71.2 cm³/mol. The summed E-state index contributed by atoms with van der Waals surface area (Å²) in [4.78, 5) is 0. The van der Waals surface area contributed by atoms with Gasteiger partial charge in [-0.25, -0.2) is 13.1 Å². The SMILES string of the molecule is O=S(=O)(CC1CCN1)NCc1ccccc1Br. The molecule has 1 aromatic rings. The Morgan fingerprint density at radius 3 is 2.71 bits per heavy atom. The number of hydrogen-bond acceptors (Lipinski definition) is 3. The van der Waals surface area contributed by atoms with Crippen LogP contribution in [0.3, 0.4) is 0 Å². The van der Waals surface area contributed by atoms with Crippen molar-refractivity contribution in [1.82, 2.24) is 10.0 Å². The van der Waals surface area contributed by atoms with Crippen LogP contribution < -0.4 is 10.0 Å². The molecule has 4 nitrogen and oxygen atoms in total. The summed E-state index contributed by atoms with van der Waals surface area (Å²) in [5.74, 6) is 0.164. The molecular formula is C11H15BrN2O2S. The van der Waals surface area contributed by atoms with Gasteiger partial charge in [0.05, 0.1) is 5.75 Å². The zero-order valence-corrected chi connectivity index (χ0v) is 11.7. The van der Waals surface area contributed by atoms with Crippen LogP contribution in [-0.2, 0) is 16.6 Å². The van der Waals surface area contributed by atoms with Gasteiger partial charge >= 0.3 is 0 Å². The van der Waals surface area contributed by atoms with Crippen molar-refractivity contribution in [3.8, 4) is 0 Å². The molecule has 1 aliphatic rings. The van der Waals surface area contributed by atoms with E-state index >= 15 is 0 Å². The second-order valence-corrected chi connectivity index (χ2v) is 6.84. The van der Waals surface area contributed by atoms with Crippen LogP contribution in [0, 0.1) is 0 Å². The summed E-state index contributed by atoms with van der Waals surface area (Å²) >= 11 is 3.39. The molecule has 2 rings (SSSR count). The van der Waals surface area contributed by atoms with Gasteiger partial charge in [0.1, 0.15) is 0 Å². The maximum atomic E-state index is 11.8. The molecule has 17 heavy (non-hydrogen) atoms. The third-order valence-electron chi connectivity index (χ3n) is 2.79. The van der Waals surface area contributed by atoms with Gasteiger partial charge < -0.3 is 5.32 Å². The summed E-state index contributed by atoms with van der Waals surface area (Å²) in [6, 6.07) is 7.71. The first-order valence-corrected chi connectivity index (χ1v) is 7.95. The van der Waals surface area contributed by atoms with Crippen molar-refractivity contribution in [2.75, 3.05) is 12.3 Å². The van der Waals surface area contributed by atoms with Crippen molar-refractivity contribution < 1.29 is 8.42 Å². The van der Waals surface area contributed by atoms with E-state index in [1.165, 1.54) is 0 Å². The molecule has 1 heterocycles. The first kappa shape index (κ1) is 13.0. The van der Waals surface area contributed by atoms with Gasteiger partial charge in [-0.1, -0.05) is 34.1 Å². The molecule has 0 saturated carbocycles. The Kier molecular flexibility index (Phi) is 4.19. The molecule has 0 spiro atoms. The first-order chi connectivity index (χ1) is 8.07. The molecule has 0 bridgehead atoms. The lowest BCUT2D eigenvalue weighted by Crippen LogP contribution is -2.49. The lowest BCUT2D eigenvalue weighted by molar-refractivity contribution is 0.397. The van der Waals surface area contributed by atoms with Crippen LogP contribution in [0.15, 0.2) is 28.7 Å². The van der Waals surface area contributed by atoms with Crippen LogP contribution in [0.25, 0.3) is 0 Å². The highest BCUT2D eigenvalue weighted by molar-refractivity contribution is 9.10. The predicted octanol–water partition coefficient (Wildman–Crippen LogP) is 1.23. The van der Waals surface area contributed by atoms with Gasteiger partial charge in [-0.15, -0.1) is 0 Å². The van der Waals surface area contributed by atoms with Gasteiger partial charge in [-0.05, 0) is 24.6 Å². The molecule has 1 unspecified atom stereocenters. The standard InChI is InChI=1S/C11H15BrN2O2S/c12-11-4-2-1-3-9(11)7-14-17(15,16)8-10-5-6-13-10/h1-4,10,13-14H,5-8H2. The highest BCUT2D eigenvalue weighted by Crippen LogP contribution is 2.15. The molecule has 1 aliphatic heterocycles. The maximum absolute atomic E-state index is 11.8. The number of halogens is 1. The Bertz CT molecular complexity index is 486. The van der Waals surface area contributed by atoms with Crippen LogP contribution in [0.1, 0.15) is 12.0 Å². The van der Waals surface area contributed by atoms with E-state index in [1.807, 2.05) is 24.3 Å². The minimum atomic E-state index is -3.19. The van der Waals surface area contributed by atoms with E-state index in [1.54, 1.807) is 0 Å². The molecule has 0 aliphatic carbocycles. The molecule has 1 fully saturated rings. The van der Waals surface area contributed by atoms with E-state index < -0.39 is 10.0 Å². The Hall–Kier alpha value is -0.430. The molecule has 1 saturated heterocycles. The van der Waals surface area contributed by atoms with E-state index in [-0.39, 0.29) is 11.8 Å². The number of rotatable bonds is 5. The van der Waals surface area contributed by atoms with Gasteiger partial charge in [-0.2, -0.15) is 0 Å². The largest absolute Gasteiger partial charge is 0.313 e. The Labute approximate surface area is 110 Å². The summed E-state index contributed by atoms with van der Waals surface area (Å²) in [5.41, 5.74) is 0.942. The summed E-state index contributed by atoms with van der Waals surface area (Å²) < 4.78 is 27.0. The van der Waals surface area contributed by atoms with Crippen molar-refractivity contribution >= 4 is 26.0 Å². The van der Waals surface area contributed by atoms with Crippen LogP contribution in [-0.4, -0.2) is 26.8 Å². The molecule has 0 aromatic heterocycles. The molecule has 0 radical (unpaired) electrons. The highest BCUT2D eigenvalue weighted by Gasteiger charge is 2.23. The van der Waals surface area contributed by atoms with Crippen LogP contribution in [0.2, 0.25) is 0 Å². The summed E-state index contributed by atoms with van der Waals surface area (Å²) in [5, 5.41) is 3.08. The third-order valence-corrected chi connectivity index (χ3v) is 4.99. The molecule has 2 N–H and O–H groups in total. The minimum absolute atomic E-state index is 0.117. The summed E-state index contributed by atoms with van der Waals surface area (Å²) in [6.07, 6.45) is 0.940. The monoisotopic (exact) mass is 318 g/mol. The average Bonchev–Trinajstić information content (AvgIpc) is 2.23. The fourth-order valence-electron chi connectivity index (χ4n) is 1.64. The normalized spacial score (nSPS) is 19.9. The van der Waals surface area contributed by atoms with E-state index in [0.29, 0.717) is 6.54 Å². The number of sulfonamides is 1. The fourth-order valence-corrected chi connectivity index (χ4v) is 3.38. The lowest BCUT2D eigenvalue weighted by Gasteiger charge is -2.27. The van der Waals surface area contributed by atoms with E-state index in [9.17, 15) is 8.42 Å². The zero-order chi connectivity index (χ0) is 12.3. The number of benzene rings is 1. The second kappa shape index (κ2) is 5.48. The zero-order valence-electron chi connectivity index (χ0n) is 9.32. The fraction of sp³-hybridized carbons (Fsp3) is 0.455. The van der Waals surface area contributed by atoms with Crippen LogP contribution in [0.4, 0.5) is 0 Å². The Morgan fingerprint density at radius 2 is 2.12 bits per heavy atom. The maximum Gasteiger partial charge on any atom is 0.213 e. The quantitative estimate of drug-likeness (QED) is 0.858. The van der Waals surface area contributed by atoms with Gasteiger partial charge in [0.2, 0.25) is 10.0 Å². The molecule has 1 atom stereocenters. The average molecular weight is 319 g/mol. The Balaban J connectivity index is 1.90.